The topological polar surface area (TPSA) is 75.2 Å². The van der Waals surface area contributed by atoms with Gasteiger partial charge in [-0.25, -0.2) is 18.4 Å². The maximum atomic E-state index is 11.6. The van der Waals surface area contributed by atoms with Crippen LogP contribution in [0.4, 0.5) is 11.6 Å². The highest BCUT2D eigenvalue weighted by molar-refractivity contribution is 7.91. The second kappa shape index (κ2) is 5.32. The normalized spacial score (nSPS) is 21.3. The molecule has 1 atom stereocenters. The molecular formula is C12H20N4O2S. The standard InChI is InChI=1S/C12H20N4O2S/c1-4-13-11-9(2)12(15-8-14-11)16(3)10-5-6-19(17,18)7-10/h8,10H,4-7H2,1-3H3,(H,13,14,15). The molecule has 1 aromatic heterocycles. The van der Waals surface area contributed by atoms with Crippen molar-refractivity contribution >= 4 is 21.5 Å². The highest BCUT2D eigenvalue weighted by Gasteiger charge is 2.32. The minimum Gasteiger partial charge on any atom is -0.370 e. The van der Waals surface area contributed by atoms with Crippen LogP contribution in [0.2, 0.25) is 0 Å². The molecule has 0 spiro atoms. The van der Waals surface area contributed by atoms with Crippen molar-refractivity contribution in [2.75, 3.05) is 35.3 Å². The van der Waals surface area contributed by atoms with E-state index in [-0.39, 0.29) is 17.5 Å². The van der Waals surface area contributed by atoms with E-state index in [9.17, 15) is 8.42 Å². The van der Waals surface area contributed by atoms with Crippen LogP contribution in [0.1, 0.15) is 18.9 Å². The van der Waals surface area contributed by atoms with Crippen molar-refractivity contribution in [1.82, 2.24) is 9.97 Å². The Morgan fingerprint density at radius 2 is 2.21 bits per heavy atom. The maximum Gasteiger partial charge on any atom is 0.152 e. The lowest BCUT2D eigenvalue weighted by Crippen LogP contribution is -2.34. The van der Waals surface area contributed by atoms with E-state index in [2.05, 4.69) is 15.3 Å². The van der Waals surface area contributed by atoms with E-state index >= 15 is 0 Å². The van der Waals surface area contributed by atoms with Gasteiger partial charge in [-0.3, -0.25) is 0 Å². The van der Waals surface area contributed by atoms with Crippen molar-refractivity contribution in [3.8, 4) is 0 Å². The van der Waals surface area contributed by atoms with Crippen LogP contribution in [0, 0.1) is 6.92 Å². The fraction of sp³-hybridized carbons (Fsp3) is 0.667. The van der Waals surface area contributed by atoms with Crippen molar-refractivity contribution in [2.45, 2.75) is 26.3 Å². The molecule has 2 heterocycles. The molecule has 2 rings (SSSR count). The van der Waals surface area contributed by atoms with Gasteiger partial charge in [-0.15, -0.1) is 0 Å². The molecule has 0 amide bonds. The minimum atomic E-state index is -2.88. The Hall–Kier alpha value is -1.37. The summed E-state index contributed by atoms with van der Waals surface area (Å²) in [5.41, 5.74) is 0.955. The van der Waals surface area contributed by atoms with Crippen molar-refractivity contribution < 1.29 is 8.42 Å². The predicted octanol–water partition coefficient (Wildman–Crippen LogP) is 0.840. The molecule has 0 bridgehead atoms. The fourth-order valence-electron chi connectivity index (χ4n) is 2.40. The van der Waals surface area contributed by atoms with Gasteiger partial charge in [-0.1, -0.05) is 0 Å². The maximum absolute atomic E-state index is 11.6. The summed E-state index contributed by atoms with van der Waals surface area (Å²) in [4.78, 5) is 10.5. The number of rotatable bonds is 4. The Bertz CT molecular complexity index is 559. The first kappa shape index (κ1) is 14.0. The number of anilines is 2. The number of hydrogen-bond acceptors (Lipinski definition) is 6. The van der Waals surface area contributed by atoms with Gasteiger partial charge in [-0.2, -0.15) is 0 Å². The third-order valence-electron chi connectivity index (χ3n) is 3.49. The van der Waals surface area contributed by atoms with Crippen LogP contribution >= 0.6 is 0 Å². The van der Waals surface area contributed by atoms with Crippen molar-refractivity contribution in [2.24, 2.45) is 0 Å². The number of hydrogen-bond donors (Lipinski definition) is 1. The third kappa shape index (κ3) is 2.97. The van der Waals surface area contributed by atoms with Gasteiger partial charge < -0.3 is 10.2 Å². The van der Waals surface area contributed by atoms with Crippen molar-refractivity contribution in [3.63, 3.8) is 0 Å². The van der Waals surface area contributed by atoms with Crippen LogP contribution < -0.4 is 10.2 Å². The zero-order valence-electron chi connectivity index (χ0n) is 11.5. The molecule has 0 aromatic carbocycles. The summed E-state index contributed by atoms with van der Waals surface area (Å²) >= 11 is 0. The quantitative estimate of drug-likeness (QED) is 0.883. The van der Waals surface area contributed by atoms with Gasteiger partial charge >= 0.3 is 0 Å². The first-order chi connectivity index (χ1) is 8.94. The monoisotopic (exact) mass is 284 g/mol. The van der Waals surface area contributed by atoms with Gasteiger partial charge in [-0.05, 0) is 20.3 Å². The van der Waals surface area contributed by atoms with Gasteiger partial charge in [0.2, 0.25) is 0 Å². The second-order valence-corrected chi connectivity index (χ2v) is 7.10. The lowest BCUT2D eigenvalue weighted by atomic mass is 10.2. The molecular weight excluding hydrogens is 264 g/mol. The molecule has 0 aliphatic carbocycles. The van der Waals surface area contributed by atoms with Crippen LogP contribution in [-0.2, 0) is 9.84 Å². The molecule has 106 valence electrons. The number of sulfone groups is 1. The molecule has 1 aromatic rings. The molecule has 1 saturated heterocycles. The molecule has 1 unspecified atom stereocenters. The Morgan fingerprint density at radius 3 is 2.79 bits per heavy atom. The predicted molar refractivity (Wildman–Crippen MR) is 76.4 cm³/mol. The summed E-state index contributed by atoms with van der Waals surface area (Å²) in [6, 6.07) is 0.00748. The van der Waals surface area contributed by atoms with Gasteiger partial charge in [0.25, 0.3) is 0 Å². The van der Waals surface area contributed by atoms with Crippen LogP contribution in [0.5, 0.6) is 0 Å². The van der Waals surface area contributed by atoms with E-state index in [4.69, 9.17) is 0 Å². The summed E-state index contributed by atoms with van der Waals surface area (Å²) in [5, 5.41) is 3.18. The van der Waals surface area contributed by atoms with Gasteiger partial charge in [0.1, 0.15) is 18.0 Å². The molecule has 7 heteroatoms. The van der Waals surface area contributed by atoms with Crippen LogP contribution in [0.15, 0.2) is 6.33 Å². The highest BCUT2D eigenvalue weighted by atomic mass is 32.2. The number of nitrogens with one attached hydrogen (secondary N) is 1. The largest absolute Gasteiger partial charge is 0.370 e. The average Bonchev–Trinajstić information content (AvgIpc) is 2.72. The van der Waals surface area contributed by atoms with E-state index < -0.39 is 9.84 Å². The van der Waals surface area contributed by atoms with Crippen LogP contribution in [-0.4, -0.2) is 49.5 Å². The fourth-order valence-corrected chi connectivity index (χ4v) is 4.17. The molecule has 6 nitrogen and oxygen atoms in total. The van der Waals surface area contributed by atoms with Crippen molar-refractivity contribution in [1.29, 1.82) is 0 Å². The summed E-state index contributed by atoms with van der Waals surface area (Å²) in [6.07, 6.45) is 2.18. The molecule has 1 N–H and O–H groups in total. The van der Waals surface area contributed by atoms with Gasteiger partial charge in [0, 0.05) is 25.2 Å². The Kier molecular flexibility index (Phi) is 3.93. The van der Waals surface area contributed by atoms with E-state index in [0.29, 0.717) is 6.42 Å². The molecule has 1 aliphatic heterocycles. The summed E-state index contributed by atoms with van der Waals surface area (Å²) in [7, 11) is -0.983. The summed E-state index contributed by atoms with van der Waals surface area (Å²) in [5.74, 6) is 2.09. The first-order valence-corrected chi connectivity index (χ1v) is 8.25. The molecule has 19 heavy (non-hydrogen) atoms. The summed E-state index contributed by atoms with van der Waals surface area (Å²) in [6.45, 7) is 4.75. The SMILES string of the molecule is CCNc1ncnc(N(C)C2CCS(=O)(=O)C2)c1C. The van der Waals surface area contributed by atoms with E-state index in [1.165, 1.54) is 6.33 Å². The number of nitrogens with zero attached hydrogens (tertiary/aromatic N) is 3. The smallest absolute Gasteiger partial charge is 0.152 e. The highest BCUT2D eigenvalue weighted by Crippen LogP contribution is 2.26. The molecule has 0 radical (unpaired) electrons. The van der Waals surface area contributed by atoms with Gasteiger partial charge in [0.05, 0.1) is 11.5 Å². The lowest BCUT2D eigenvalue weighted by molar-refractivity contribution is 0.600. The summed E-state index contributed by atoms with van der Waals surface area (Å²) < 4.78 is 23.1. The molecule has 1 aliphatic rings. The third-order valence-corrected chi connectivity index (χ3v) is 5.24. The zero-order chi connectivity index (χ0) is 14.0. The average molecular weight is 284 g/mol. The molecule has 1 fully saturated rings. The van der Waals surface area contributed by atoms with Crippen LogP contribution in [0.25, 0.3) is 0 Å². The van der Waals surface area contributed by atoms with Crippen LogP contribution in [0.3, 0.4) is 0 Å². The number of aromatic nitrogens is 2. The van der Waals surface area contributed by atoms with Gasteiger partial charge in [0.15, 0.2) is 9.84 Å². The minimum absolute atomic E-state index is 0.00748. The van der Waals surface area contributed by atoms with Crippen molar-refractivity contribution in [3.05, 3.63) is 11.9 Å². The van der Waals surface area contributed by atoms with E-state index in [1.807, 2.05) is 25.8 Å². The van der Waals surface area contributed by atoms with E-state index in [1.54, 1.807) is 0 Å². The zero-order valence-corrected chi connectivity index (χ0v) is 12.4. The lowest BCUT2D eigenvalue weighted by Gasteiger charge is -2.26. The molecule has 0 saturated carbocycles. The Balaban J connectivity index is 2.24. The Morgan fingerprint density at radius 1 is 1.47 bits per heavy atom. The first-order valence-electron chi connectivity index (χ1n) is 6.43. The Labute approximate surface area is 114 Å². The van der Waals surface area contributed by atoms with E-state index in [0.717, 1.165) is 23.7 Å². The second-order valence-electron chi connectivity index (χ2n) is 4.87.